The van der Waals surface area contributed by atoms with Crippen LogP contribution in [-0.2, 0) is 0 Å². The molecule has 0 radical (unpaired) electrons. The van der Waals surface area contributed by atoms with Crippen LogP contribution in [0, 0.1) is 0 Å². The Balaban J connectivity index is 0. The Morgan fingerprint density at radius 3 is 1.55 bits per heavy atom. The number of halogens is 2. The van der Waals surface area contributed by atoms with Gasteiger partial charge in [0.25, 0.3) is 0 Å². The molecular formula is C17H30Cl2N2O-2. The van der Waals surface area contributed by atoms with E-state index in [1.807, 2.05) is 30.3 Å². The maximum Gasteiger partial charge on any atom is 0.124 e. The zero-order chi connectivity index (χ0) is 14.8. The highest BCUT2D eigenvalue weighted by Crippen LogP contribution is 2.12. The van der Waals surface area contributed by atoms with Gasteiger partial charge in [-0.05, 0) is 38.3 Å². The third-order valence-electron chi connectivity index (χ3n) is 3.76. The van der Waals surface area contributed by atoms with Gasteiger partial charge in [-0.15, -0.1) is 0 Å². The average molecular weight is 349 g/mol. The first kappa shape index (κ1) is 23.8. The van der Waals surface area contributed by atoms with Crippen LogP contribution in [0.4, 0.5) is 0 Å². The summed E-state index contributed by atoms with van der Waals surface area (Å²) in [7, 11) is 0. The van der Waals surface area contributed by atoms with Gasteiger partial charge in [0, 0.05) is 13.1 Å². The fourth-order valence-corrected chi connectivity index (χ4v) is 2.36. The van der Waals surface area contributed by atoms with Crippen molar-refractivity contribution in [2.45, 2.75) is 33.8 Å². The first-order valence-corrected chi connectivity index (χ1v) is 7.89. The normalized spacial score (nSPS) is 10.5. The first-order chi connectivity index (χ1) is 9.73. The van der Waals surface area contributed by atoms with E-state index in [4.69, 9.17) is 4.74 Å². The predicted octanol–water partition coefficient (Wildman–Crippen LogP) is -2.87. The van der Waals surface area contributed by atoms with Crippen LogP contribution in [0.3, 0.4) is 0 Å². The van der Waals surface area contributed by atoms with E-state index >= 15 is 0 Å². The Morgan fingerprint density at radius 1 is 0.773 bits per heavy atom. The highest BCUT2D eigenvalue weighted by molar-refractivity contribution is 5.21. The standard InChI is InChI=1S/C17H30N2O.2ClH/c1-5-18(6-2)14-17(15-19(7-3)8-4)20-16-12-10-9-11-13-16;;/h9-13,17H,5-8,14-15H2,1-4H3;2*1H/p-2. The molecule has 1 aromatic carbocycles. The van der Waals surface area contributed by atoms with Crippen molar-refractivity contribution in [3.63, 3.8) is 0 Å². The molecule has 0 bridgehead atoms. The van der Waals surface area contributed by atoms with Crippen molar-refractivity contribution in [3.05, 3.63) is 30.3 Å². The summed E-state index contributed by atoms with van der Waals surface area (Å²) in [6.45, 7) is 15.1. The number of rotatable bonds is 10. The number of ether oxygens (including phenoxy) is 1. The molecule has 130 valence electrons. The minimum absolute atomic E-state index is 0. The Kier molecular flexibility index (Phi) is 15.3. The van der Waals surface area contributed by atoms with E-state index in [1.54, 1.807) is 0 Å². The van der Waals surface area contributed by atoms with Crippen molar-refractivity contribution < 1.29 is 29.6 Å². The van der Waals surface area contributed by atoms with E-state index in [9.17, 15) is 0 Å². The van der Waals surface area contributed by atoms with Crippen LogP contribution in [0.2, 0.25) is 0 Å². The van der Waals surface area contributed by atoms with E-state index in [1.165, 1.54) is 0 Å². The van der Waals surface area contributed by atoms with Gasteiger partial charge in [0.1, 0.15) is 11.9 Å². The Labute approximate surface area is 148 Å². The third-order valence-corrected chi connectivity index (χ3v) is 3.76. The molecule has 1 rings (SSSR count). The molecule has 0 aromatic heterocycles. The van der Waals surface area contributed by atoms with Crippen LogP contribution in [0.1, 0.15) is 27.7 Å². The van der Waals surface area contributed by atoms with Crippen LogP contribution in [0.5, 0.6) is 5.75 Å². The lowest BCUT2D eigenvalue weighted by atomic mass is 10.2. The summed E-state index contributed by atoms with van der Waals surface area (Å²) >= 11 is 0. The van der Waals surface area contributed by atoms with Crippen LogP contribution >= 0.6 is 0 Å². The van der Waals surface area contributed by atoms with Gasteiger partial charge in [-0.25, -0.2) is 0 Å². The van der Waals surface area contributed by atoms with Crippen molar-refractivity contribution in [3.8, 4) is 5.75 Å². The largest absolute Gasteiger partial charge is 1.00 e. The third kappa shape index (κ3) is 8.84. The zero-order valence-electron chi connectivity index (χ0n) is 14.3. The monoisotopic (exact) mass is 348 g/mol. The van der Waals surface area contributed by atoms with Crippen LogP contribution in [-0.4, -0.2) is 55.2 Å². The zero-order valence-corrected chi connectivity index (χ0v) is 15.8. The predicted molar refractivity (Wildman–Crippen MR) is 86.4 cm³/mol. The molecule has 0 aliphatic heterocycles. The molecule has 0 N–H and O–H groups in total. The van der Waals surface area contributed by atoms with Crippen molar-refractivity contribution in [2.24, 2.45) is 0 Å². The van der Waals surface area contributed by atoms with E-state index in [2.05, 4.69) is 37.5 Å². The fraction of sp³-hybridized carbons (Fsp3) is 0.647. The minimum atomic E-state index is 0. The summed E-state index contributed by atoms with van der Waals surface area (Å²) in [4.78, 5) is 4.86. The lowest BCUT2D eigenvalue weighted by Gasteiger charge is -2.30. The van der Waals surface area contributed by atoms with Crippen LogP contribution in [0.25, 0.3) is 0 Å². The summed E-state index contributed by atoms with van der Waals surface area (Å²) in [5.41, 5.74) is 0. The molecule has 0 aliphatic rings. The highest BCUT2D eigenvalue weighted by atomic mass is 35.5. The second kappa shape index (κ2) is 14.1. The van der Waals surface area contributed by atoms with E-state index in [-0.39, 0.29) is 30.9 Å². The second-order valence-electron chi connectivity index (χ2n) is 5.02. The highest BCUT2D eigenvalue weighted by Gasteiger charge is 2.17. The molecule has 0 atom stereocenters. The Morgan fingerprint density at radius 2 is 1.18 bits per heavy atom. The maximum absolute atomic E-state index is 6.20. The smallest absolute Gasteiger partial charge is 0.124 e. The molecule has 0 heterocycles. The van der Waals surface area contributed by atoms with Crippen LogP contribution in [0.15, 0.2) is 30.3 Å². The molecule has 5 heteroatoms. The lowest BCUT2D eigenvalue weighted by molar-refractivity contribution is -0.001000. The van der Waals surface area contributed by atoms with Crippen molar-refractivity contribution in [1.29, 1.82) is 0 Å². The van der Waals surface area contributed by atoms with Gasteiger partial charge in [-0.1, -0.05) is 45.9 Å². The van der Waals surface area contributed by atoms with Gasteiger partial charge in [0.05, 0.1) is 0 Å². The summed E-state index contributed by atoms with van der Waals surface area (Å²) < 4.78 is 6.20. The minimum Gasteiger partial charge on any atom is -1.00 e. The quantitative estimate of drug-likeness (QED) is 0.452. The summed E-state index contributed by atoms with van der Waals surface area (Å²) in [6.07, 6.45) is 0.220. The van der Waals surface area contributed by atoms with Gasteiger partial charge in [0.15, 0.2) is 0 Å². The molecule has 0 amide bonds. The Hall–Kier alpha value is -0.480. The number of para-hydroxylation sites is 1. The molecule has 0 saturated carbocycles. The van der Waals surface area contributed by atoms with Gasteiger partial charge >= 0.3 is 0 Å². The molecule has 0 saturated heterocycles. The molecule has 22 heavy (non-hydrogen) atoms. The van der Waals surface area contributed by atoms with Gasteiger partial charge in [-0.2, -0.15) is 0 Å². The maximum atomic E-state index is 6.20. The van der Waals surface area contributed by atoms with Crippen LogP contribution < -0.4 is 29.6 Å². The number of hydrogen-bond donors (Lipinski definition) is 0. The molecule has 0 spiro atoms. The number of benzene rings is 1. The summed E-state index contributed by atoms with van der Waals surface area (Å²) in [6, 6.07) is 10.2. The van der Waals surface area contributed by atoms with Crippen molar-refractivity contribution in [2.75, 3.05) is 39.3 Å². The lowest BCUT2D eigenvalue weighted by Crippen LogP contribution is -3.00. The van der Waals surface area contributed by atoms with E-state index in [0.29, 0.717) is 0 Å². The summed E-state index contributed by atoms with van der Waals surface area (Å²) in [5, 5.41) is 0. The van der Waals surface area contributed by atoms with Gasteiger partial charge < -0.3 is 39.4 Å². The van der Waals surface area contributed by atoms with Gasteiger partial charge in [0.2, 0.25) is 0 Å². The summed E-state index contributed by atoms with van der Waals surface area (Å²) in [5.74, 6) is 0.969. The topological polar surface area (TPSA) is 15.7 Å². The average Bonchev–Trinajstić information content (AvgIpc) is 2.50. The molecule has 0 unspecified atom stereocenters. The molecule has 1 aromatic rings. The number of hydrogen-bond acceptors (Lipinski definition) is 3. The molecule has 0 fully saturated rings. The number of nitrogens with zero attached hydrogens (tertiary/aromatic N) is 2. The van der Waals surface area contributed by atoms with Gasteiger partial charge in [-0.3, -0.25) is 0 Å². The fourth-order valence-electron chi connectivity index (χ4n) is 2.36. The van der Waals surface area contributed by atoms with Crippen molar-refractivity contribution >= 4 is 0 Å². The second-order valence-corrected chi connectivity index (χ2v) is 5.02. The molecular weight excluding hydrogens is 319 g/mol. The first-order valence-electron chi connectivity index (χ1n) is 7.89. The van der Waals surface area contributed by atoms with E-state index in [0.717, 1.165) is 45.0 Å². The van der Waals surface area contributed by atoms with E-state index < -0.39 is 0 Å². The molecule has 0 aliphatic carbocycles. The van der Waals surface area contributed by atoms with Crippen molar-refractivity contribution in [1.82, 2.24) is 9.80 Å². The number of likely N-dealkylation sites (N-methyl/N-ethyl adjacent to an activating group) is 2. The Bertz CT molecular complexity index is 330. The molecule has 3 nitrogen and oxygen atoms in total. The SMILES string of the molecule is CCN(CC)CC(CN(CC)CC)Oc1ccccc1.[Cl-].[Cl-].